The molecule has 1 atom stereocenters. The first-order chi connectivity index (χ1) is 6.18. The minimum atomic E-state index is 0.582. The fraction of sp³-hybridized carbons (Fsp3) is 0.400. The lowest BCUT2D eigenvalue weighted by atomic mass is 9.97. The number of hydrogen-bond donors (Lipinski definition) is 1. The van der Waals surface area contributed by atoms with Crippen LogP contribution in [0.2, 0.25) is 0 Å². The zero-order valence-corrected chi connectivity index (χ0v) is 10.6. The van der Waals surface area contributed by atoms with Crippen LogP contribution in [0.25, 0.3) is 0 Å². The van der Waals surface area contributed by atoms with Crippen molar-refractivity contribution in [1.29, 1.82) is 0 Å². The second-order valence-corrected chi connectivity index (χ2v) is 5.18. The van der Waals surface area contributed by atoms with Gasteiger partial charge in [-0.2, -0.15) is 0 Å². The van der Waals surface area contributed by atoms with Crippen molar-refractivity contribution in [3.05, 3.63) is 32.2 Å². The maximum absolute atomic E-state index is 3.60. The van der Waals surface area contributed by atoms with E-state index in [1.807, 2.05) is 0 Å². The van der Waals surface area contributed by atoms with E-state index in [2.05, 4.69) is 56.2 Å². The average Bonchev–Trinajstić information content (AvgIpc) is 2.12. The Bertz CT molecular complexity index is 336. The van der Waals surface area contributed by atoms with Crippen LogP contribution in [0.15, 0.2) is 21.1 Å². The Hall–Kier alpha value is 0.140. The van der Waals surface area contributed by atoms with E-state index in [0.29, 0.717) is 6.04 Å². The van der Waals surface area contributed by atoms with Crippen LogP contribution >= 0.6 is 31.9 Å². The molecule has 1 aromatic rings. The highest BCUT2D eigenvalue weighted by Gasteiger charge is 2.18. The number of rotatable bonds is 0. The number of halogens is 2. The predicted octanol–water partition coefficient (Wildman–Crippen LogP) is 3.25. The molecule has 0 saturated carbocycles. The van der Waals surface area contributed by atoms with Gasteiger partial charge in [0.25, 0.3) is 0 Å². The third-order valence-electron chi connectivity index (χ3n) is 2.45. The largest absolute Gasteiger partial charge is 0.310 e. The van der Waals surface area contributed by atoms with Gasteiger partial charge in [0.2, 0.25) is 0 Å². The number of benzene rings is 1. The van der Waals surface area contributed by atoms with Crippen LogP contribution < -0.4 is 5.32 Å². The lowest BCUT2D eigenvalue weighted by Gasteiger charge is -2.25. The van der Waals surface area contributed by atoms with Crippen molar-refractivity contribution in [2.75, 3.05) is 0 Å². The topological polar surface area (TPSA) is 12.0 Å². The van der Waals surface area contributed by atoms with Gasteiger partial charge in [0.1, 0.15) is 0 Å². The zero-order chi connectivity index (χ0) is 9.42. The van der Waals surface area contributed by atoms with Crippen LogP contribution in [0.4, 0.5) is 0 Å². The quantitative estimate of drug-likeness (QED) is 0.776. The zero-order valence-electron chi connectivity index (χ0n) is 7.40. The Labute approximate surface area is 95.2 Å². The molecule has 13 heavy (non-hydrogen) atoms. The van der Waals surface area contributed by atoms with E-state index in [4.69, 9.17) is 0 Å². The molecule has 0 radical (unpaired) electrons. The third kappa shape index (κ3) is 1.83. The molecule has 1 aromatic carbocycles. The van der Waals surface area contributed by atoms with Gasteiger partial charge in [0, 0.05) is 21.5 Å². The molecule has 0 amide bonds. The van der Waals surface area contributed by atoms with Gasteiger partial charge in [0.05, 0.1) is 0 Å². The molecule has 1 heterocycles. The third-order valence-corrected chi connectivity index (χ3v) is 3.94. The molecule has 2 rings (SSSR count). The molecule has 1 aliphatic heterocycles. The molecule has 1 nitrogen and oxygen atoms in total. The Morgan fingerprint density at radius 3 is 2.54 bits per heavy atom. The van der Waals surface area contributed by atoms with Gasteiger partial charge in [-0.1, -0.05) is 31.9 Å². The summed E-state index contributed by atoms with van der Waals surface area (Å²) in [5, 5.41) is 3.46. The van der Waals surface area contributed by atoms with Crippen LogP contribution in [-0.2, 0) is 13.0 Å². The molecule has 70 valence electrons. The van der Waals surface area contributed by atoms with Gasteiger partial charge in [-0.25, -0.2) is 0 Å². The van der Waals surface area contributed by atoms with Gasteiger partial charge in [-0.15, -0.1) is 0 Å². The summed E-state index contributed by atoms with van der Waals surface area (Å²) in [4.78, 5) is 0. The minimum Gasteiger partial charge on any atom is -0.310 e. The molecule has 0 spiro atoms. The molecule has 0 aromatic heterocycles. The fourth-order valence-electron chi connectivity index (χ4n) is 1.70. The van der Waals surface area contributed by atoms with Crippen molar-refractivity contribution in [2.45, 2.75) is 25.9 Å². The Balaban J connectivity index is 2.51. The summed E-state index contributed by atoms with van der Waals surface area (Å²) >= 11 is 7.17. The molecule has 0 saturated heterocycles. The molecule has 1 unspecified atom stereocenters. The van der Waals surface area contributed by atoms with Crippen LogP contribution in [0.1, 0.15) is 18.1 Å². The van der Waals surface area contributed by atoms with Crippen LogP contribution in [0, 0.1) is 0 Å². The maximum Gasteiger partial charge on any atom is 0.0223 e. The molecular formula is C10H11Br2N. The SMILES string of the molecule is CC1Cc2c(Br)ccc(Br)c2CN1. The summed E-state index contributed by atoms with van der Waals surface area (Å²) in [7, 11) is 0. The van der Waals surface area contributed by atoms with Crippen LogP contribution in [0.3, 0.4) is 0 Å². The van der Waals surface area contributed by atoms with Crippen LogP contribution in [0.5, 0.6) is 0 Å². The molecular weight excluding hydrogens is 294 g/mol. The lowest BCUT2D eigenvalue weighted by Crippen LogP contribution is -2.33. The monoisotopic (exact) mass is 303 g/mol. The molecule has 0 fully saturated rings. The summed E-state index contributed by atoms with van der Waals surface area (Å²) in [6.45, 7) is 3.19. The van der Waals surface area contributed by atoms with Crippen molar-refractivity contribution in [3.63, 3.8) is 0 Å². The van der Waals surface area contributed by atoms with E-state index in [1.165, 1.54) is 20.1 Å². The van der Waals surface area contributed by atoms with Gasteiger partial charge >= 0.3 is 0 Å². The fourth-order valence-corrected chi connectivity index (χ4v) is 2.75. The van der Waals surface area contributed by atoms with Gasteiger partial charge < -0.3 is 5.32 Å². The van der Waals surface area contributed by atoms with Crippen molar-refractivity contribution in [2.24, 2.45) is 0 Å². The van der Waals surface area contributed by atoms with Crippen LogP contribution in [-0.4, -0.2) is 6.04 Å². The summed E-state index contributed by atoms with van der Waals surface area (Å²) < 4.78 is 2.45. The maximum atomic E-state index is 3.60. The van der Waals surface area contributed by atoms with E-state index in [1.54, 1.807) is 0 Å². The molecule has 0 aliphatic carbocycles. The van der Waals surface area contributed by atoms with E-state index < -0.39 is 0 Å². The van der Waals surface area contributed by atoms with E-state index >= 15 is 0 Å². The predicted molar refractivity (Wildman–Crippen MR) is 61.8 cm³/mol. The van der Waals surface area contributed by atoms with E-state index in [9.17, 15) is 0 Å². The first-order valence-electron chi connectivity index (χ1n) is 4.37. The van der Waals surface area contributed by atoms with Gasteiger partial charge in [0.15, 0.2) is 0 Å². The highest BCUT2D eigenvalue weighted by atomic mass is 79.9. The average molecular weight is 305 g/mol. The van der Waals surface area contributed by atoms with Crippen molar-refractivity contribution in [1.82, 2.24) is 5.32 Å². The molecule has 1 aliphatic rings. The lowest BCUT2D eigenvalue weighted by molar-refractivity contribution is 0.511. The normalized spacial score (nSPS) is 21.3. The van der Waals surface area contributed by atoms with E-state index in [-0.39, 0.29) is 0 Å². The van der Waals surface area contributed by atoms with Crippen molar-refractivity contribution in [3.8, 4) is 0 Å². The Morgan fingerprint density at radius 2 is 1.85 bits per heavy atom. The summed E-state index contributed by atoms with van der Waals surface area (Å²) in [6, 6.07) is 4.79. The first-order valence-corrected chi connectivity index (χ1v) is 5.96. The number of nitrogens with one attached hydrogen (secondary N) is 1. The molecule has 3 heteroatoms. The Morgan fingerprint density at radius 1 is 1.23 bits per heavy atom. The minimum absolute atomic E-state index is 0.582. The summed E-state index contributed by atoms with van der Waals surface area (Å²) in [5.41, 5.74) is 2.84. The number of fused-ring (bicyclic) bond motifs is 1. The second kappa shape index (κ2) is 3.71. The summed E-state index contributed by atoms with van der Waals surface area (Å²) in [5.74, 6) is 0. The Kier molecular flexibility index (Phi) is 2.77. The molecule has 0 bridgehead atoms. The highest BCUT2D eigenvalue weighted by molar-refractivity contribution is 9.11. The van der Waals surface area contributed by atoms with E-state index in [0.717, 1.165) is 13.0 Å². The van der Waals surface area contributed by atoms with Gasteiger partial charge in [-0.3, -0.25) is 0 Å². The second-order valence-electron chi connectivity index (χ2n) is 3.47. The number of hydrogen-bond acceptors (Lipinski definition) is 1. The van der Waals surface area contributed by atoms with Crippen molar-refractivity contribution < 1.29 is 0 Å². The standard InChI is InChI=1S/C10H11Br2N/c1-6-4-7-8(5-13-6)10(12)3-2-9(7)11/h2-3,6,13H,4-5H2,1H3. The smallest absolute Gasteiger partial charge is 0.0223 e. The van der Waals surface area contributed by atoms with Crippen molar-refractivity contribution >= 4 is 31.9 Å². The summed E-state index contributed by atoms with van der Waals surface area (Å²) in [6.07, 6.45) is 1.11. The molecule has 1 N–H and O–H groups in total. The van der Waals surface area contributed by atoms with Gasteiger partial charge in [-0.05, 0) is 36.6 Å². The first kappa shape index (κ1) is 9.69. The highest BCUT2D eigenvalue weighted by Crippen LogP contribution is 2.30.